The van der Waals surface area contributed by atoms with Crippen LogP contribution >= 0.6 is 0 Å². The van der Waals surface area contributed by atoms with E-state index in [4.69, 9.17) is 9.84 Å². The van der Waals surface area contributed by atoms with Gasteiger partial charge in [-0.25, -0.2) is 0 Å². The van der Waals surface area contributed by atoms with Crippen LogP contribution in [0.2, 0.25) is 0 Å². The van der Waals surface area contributed by atoms with Crippen LogP contribution < -0.4 is 9.64 Å². The van der Waals surface area contributed by atoms with E-state index in [1.54, 1.807) is 0 Å². The molecule has 0 spiro atoms. The molecule has 0 aliphatic heterocycles. The Hall–Kier alpha value is -3.27. The zero-order valence-electron chi connectivity index (χ0n) is 16.9. The minimum atomic E-state index is -0.783. The van der Waals surface area contributed by atoms with Crippen molar-refractivity contribution in [3.63, 3.8) is 0 Å². The maximum atomic E-state index is 10.9. The van der Waals surface area contributed by atoms with Crippen molar-refractivity contribution < 1.29 is 14.6 Å². The minimum Gasteiger partial charge on any atom is -0.489 e. The Kier molecular flexibility index (Phi) is 6.90. The van der Waals surface area contributed by atoms with E-state index in [0.29, 0.717) is 6.61 Å². The Balaban J connectivity index is 1.65. The molecule has 3 rings (SSSR count). The normalized spacial score (nSPS) is 11.7. The first-order chi connectivity index (χ1) is 14.1. The first kappa shape index (κ1) is 20.5. The lowest BCUT2D eigenvalue weighted by Crippen LogP contribution is -2.16. The summed E-state index contributed by atoms with van der Waals surface area (Å²) in [5.41, 5.74) is 4.40. The molecule has 0 radical (unpaired) electrons. The number of carboxylic acid groups (broad SMARTS) is 1. The number of carbonyl (C=O) groups is 1. The zero-order valence-corrected chi connectivity index (χ0v) is 16.9. The third kappa shape index (κ3) is 5.61. The lowest BCUT2D eigenvalue weighted by Gasteiger charge is -2.24. The van der Waals surface area contributed by atoms with E-state index < -0.39 is 5.97 Å². The molecule has 1 atom stereocenters. The largest absolute Gasteiger partial charge is 0.489 e. The topological polar surface area (TPSA) is 49.8 Å². The van der Waals surface area contributed by atoms with Gasteiger partial charge in [0.15, 0.2) is 0 Å². The van der Waals surface area contributed by atoms with Crippen molar-refractivity contribution in [2.45, 2.75) is 32.8 Å². The van der Waals surface area contributed by atoms with Crippen molar-refractivity contribution >= 4 is 17.3 Å². The summed E-state index contributed by atoms with van der Waals surface area (Å²) in [7, 11) is 0. The molecular formula is C25H27NO3. The summed E-state index contributed by atoms with van der Waals surface area (Å²) in [4.78, 5) is 13.1. The van der Waals surface area contributed by atoms with Crippen molar-refractivity contribution in [3.05, 3.63) is 90.0 Å². The van der Waals surface area contributed by atoms with Gasteiger partial charge in [0.1, 0.15) is 12.4 Å². The van der Waals surface area contributed by atoms with E-state index >= 15 is 0 Å². The molecule has 3 aromatic rings. The average Bonchev–Trinajstić information content (AvgIpc) is 2.74. The second kappa shape index (κ2) is 9.78. The van der Waals surface area contributed by atoms with Gasteiger partial charge in [0.05, 0.1) is 6.42 Å². The Morgan fingerprint density at radius 3 is 2.31 bits per heavy atom. The quantitative estimate of drug-likeness (QED) is 0.487. The molecular weight excluding hydrogens is 362 g/mol. The van der Waals surface area contributed by atoms with E-state index in [1.807, 2.05) is 49.4 Å². The first-order valence-electron chi connectivity index (χ1n) is 9.93. The number of nitrogens with zero attached hydrogens (tertiary/aromatic N) is 1. The van der Waals surface area contributed by atoms with Crippen molar-refractivity contribution in [1.29, 1.82) is 0 Å². The van der Waals surface area contributed by atoms with Crippen LogP contribution in [0.15, 0.2) is 78.9 Å². The van der Waals surface area contributed by atoms with Gasteiger partial charge in [-0.2, -0.15) is 0 Å². The third-order valence-electron chi connectivity index (χ3n) is 4.94. The molecule has 29 heavy (non-hydrogen) atoms. The molecule has 150 valence electrons. The second-order valence-electron chi connectivity index (χ2n) is 7.11. The summed E-state index contributed by atoms with van der Waals surface area (Å²) in [6.07, 6.45) is 0.127. The molecule has 0 fully saturated rings. The lowest BCUT2D eigenvalue weighted by molar-refractivity contribution is -0.137. The van der Waals surface area contributed by atoms with Gasteiger partial charge in [0.2, 0.25) is 0 Å². The van der Waals surface area contributed by atoms with Gasteiger partial charge < -0.3 is 14.7 Å². The number of anilines is 2. The fourth-order valence-corrected chi connectivity index (χ4v) is 3.38. The second-order valence-corrected chi connectivity index (χ2v) is 7.11. The molecule has 0 saturated heterocycles. The Bertz CT molecular complexity index is 922. The van der Waals surface area contributed by atoms with E-state index in [-0.39, 0.29) is 12.3 Å². The minimum absolute atomic E-state index is 0.0174. The van der Waals surface area contributed by atoms with Crippen LogP contribution in [-0.2, 0) is 11.4 Å². The standard InChI is InChI=1S/C25H27NO3/c1-3-26(22-9-5-4-6-10-22)23-11-7-8-20(17-23)18-29-24-14-12-21(13-15-24)19(2)16-25(27)28/h4-15,17,19H,3,16,18H2,1-2H3,(H,27,28). The Labute approximate surface area is 172 Å². The monoisotopic (exact) mass is 389 g/mol. The highest BCUT2D eigenvalue weighted by molar-refractivity contribution is 5.68. The summed E-state index contributed by atoms with van der Waals surface area (Å²) in [5.74, 6) is -0.0253. The van der Waals surface area contributed by atoms with E-state index in [2.05, 4.69) is 48.2 Å². The van der Waals surface area contributed by atoms with Gasteiger partial charge in [-0.1, -0.05) is 49.4 Å². The van der Waals surface area contributed by atoms with Crippen molar-refractivity contribution in [1.82, 2.24) is 0 Å². The molecule has 3 aromatic carbocycles. The molecule has 0 bridgehead atoms. The lowest BCUT2D eigenvalue weighted by atomic mass is 9.98. The third-order valence-corrected chi connectivity index (χ3v) is 4.94. The molecule has 0 aliphatic carbocycles. The van der Waals surface area contributed by atoms with Crippen LogP contribution in [0.4, 0.5) is 11.4 Å². The maximum absolute atomic E-state index is 10.9. The molecule has 0 heterocycles. The first-order valence-corrected chi connectivity index (χ1v) is 9.93. The Morgan fingerprint density at radius 2 is 1.66 bits per heavy atom. The molecule has 0 aliphatic rings. The molecule has 4 heteroatoms. The van der Waals surface area contributed by atoms with Crippen LogP contribution in [0, 0.1) is 0 Å². The van der Waals surface area contributed by atoms with Gasteiger partial charge in [-0.3, -0.25) is 4.79 Å². The Morgan fingerprint density at radius 1 is 0.966 bits per heavy atom. The molecule has 1 unspecified atom stereocenters. The van der Waals surface area contributed by atoms with E-state index in [1.165, 1.54) is 5.69 Å². The van der Waals surface area contributed by atoms with Gasteiger partial charge >= 0.3 is 5.97 Å². The highest BCUT2D eigenvalue weighted by atomic mass is 16.5. The fourth-order valence-electron chi connectivity index (χ4n) is 3.38. The van der Waals surface area contributed by atoms with Crippen LogP contribution in [0.3, 0.4) is 0 Å². The number of aliphatic carboxylic acids is 1. The summed E-state index contributed by atoms with van der Waals surface area (Å²) >= 11 is 0. The van der Waals surface area contributed by atoms with E-state index in [9.17, 15) is 4.79 Å². The summed E-state index contributed by atoms with van der Waals surface area (Å²) in [5, 5.41) is 8.93. The SMILES string of the molecule is CCN(c1ccccc1)c1cccc(COc2ccc(C(C)CC(=O)O)cc2)c1. The predicted molar refractivity (Wildman–Crippen MR) is 117 cm³/mol. The smallest absolute Gasteiger partial charge is 0.303 e. The summed E-state index contributed by atoms with van der Waals surface area (Å²) < 4.78 is 5.95. The van der Waals surface area contributed by atoms with Gasteiger partial charge in [-0.15, -0.1) is 0 Å². The summed E-state index contributed by atoms with van der Waals surface area (Å²) in [6.45, 7) is 5.42. The van der Waals surface area contributed by atoms with Crippen LogP contribution in [-0.4, -0.2) is 17.6 Å². The average molecular weight is 389 g/mol. The number of hydrogen-bond acceptors (Lipinski definition) is 3. The molecule has 0 saturated carbocycles. The highest BCUT2D eigenvalue weighted by Gasteiger charge is 2.10. The molecule has 4 nitrogen and oxygen atoms in total. The van der Waals surface area contributed by atoms with Crippen molar-refractivity contribution in [2.75, 3.05) is 11.4 Å². The molecule has 0 aromatic heterocycles. The van der Waals surface area contributed by atoms with Crippen LogP contribution in [0.1, 0.15) is 37.3 Å². The summed E-state index contributed by atoms with van der Waals surface area (Å²) in [6, 6.07) is 26.4. The zero-order chi connectivity index (χ0) is 20.6. The highest BCUT2D eigenvalue weighted by Crippen LogP contribution is 2.26. The van der Waals surface area contributed by atoms with E-state index in [0.717, 1.165) is 29.1 Å². The number of hydrogen-bond donors (Lipinski definition) is 1. The molecule has 1 N–H and O–H groups in total. The fraction of sp³-hybridized carbons (Fsp3) is 0.240. The van der Waals surface area contributed by atoms with Crippen LogP contribution in [0.25, 0.3) is 0 Å². The number of benzene rings is 3. The number of rotatable bonds is 9. The number of ether oxygens (including phenoxy) is 1. The number of para-hydroxylation sites is 1. The van der Waals surface area contributed by atoms with Gasteiger partial charge in [0, 0.05) is 17.9 Å². The van der Waals surface area contributed by atoms with Crippen molar-refractivity contribution in [2.24, 2.45) is 0 Å². The van der Waals surface area contributed by atoms with Crippen LogP contribution in [0.5, 0.6) is 5.75 Å². The van der Waals surface area contributed by atoms with Gasteiger partial charge in [-0.05, 0) is 60.4 Å². The van der Waals surface area contributed by atoms with Gasteiger partial charge in [0.25, 0.3) is 0 Å². The maximum Gasteiger partial charge on any atom is 0.303 e. The number of carboxylic acids is 1. The van der Waals surface area contributed by atoms with Crippen molar-refractivity contribution in [3.8, 4) is 5.75 Å². The molecule has 0 amide bonds. The predicted octanol–water partition coefficient (Wildman–Crippen LogP) is 6.00.